The van der Waals surface area contributed by atoms with Gasteiger partial charge in [-0.05, 0) is 35.4 Å². The van der Waals surface area contributed by atoms with Crippen LogP contribution in [0.25, 0.3) is 11.1 Å². The molecular weight excluding hydrogens is 212 g/mol. The van der Waals surface area contributed by atoms with Gasteiger partial charge in [0.1, 0.15) is 0 Å². The monoisotopic (exact) mass is 228 g/mol. The van der Waals surface area contributed by atoms with E-state index in [0.717, 1.165) is 16.7 Å². The van der Waals surface area contributed by atoms with E-state index in [-0.39, 0.29) is 0 Å². The van der Waals surface area contributed by atoms with Gasteiger partial charge in [-0.2, -0.15) is 0 Å². The smallest absolute Gasteiger partial charge is 0.0398 e. The average Bonchev–Trinajstić information content (AvgIpc) is 2.31. The summed E-state index contributed by atoms with van der Waals surface area (Å²) in [6, 6.07) is 11.1. The zero-order valence-corrected chi connectivity index (χ0v) is 9.48. The summed E-state index contributed by atoms with van der Waals surface area (Å²) < 4.78 is 0. The second-order valence-corrected chi connectivity index (χ2v) is 3.93. The molecule has 2 rings (SSSR count). The SMILES string of the molecule is NCc1c(N)ccc(N)c1-c1cccc(N)c1. The van der Waals surface area contributed by atoms with Crippen LogP contribution in [0.1, 0.15) is 5.56 Å². The molecule has 0 bridgehead atoms. The Bertz CT molecular complexity index is 549. The molecule has 0 aliphatic carbocycles. The molecule has 0 heterocycles. The van der Waals surface area contributed by atoms with E-state index in [1.165, 1.54) is 0 Å². The van der Waals surface area contributed by atoms with Crippen molar-refractivity contribution in [2.75, 3.05) is 17.2 Å². The zero-order valence-electron chi connectivity index (χ0n) is 9.48. The number of anilines is 3. The minimum atomic E-state index is 0.348. The summed E-state index contributed by atoms with van der Waals surface area (Å²) in [6.45, 7) is 0.348. The first-order valence-corrected chi connectivity index (χ1v) is 5.36. The van der Waals surface area contributed by atoms with Crippen LogP contribution in [0.2, 0.25) is 0 Å². The van der Waals surface area contributed by atoms with Gasteiger partial charge in [0.25, 0.3) is 0 Å². The molecule has 0 atom stereocenters. The van der Waals surface area contributed by atoms with Gasteiger partial charge in [0.05, 0.1) is 0 Å². The predicted molar refractivity (Wildman–Crippen MR) is 73.0 cm³/mol. The predicted octanol–water partition coefficient (Wildman–Crippen LogP) is 1.56. The van der Waals surface area contributed by atoms with Crippen LogP contribution >= 0.6 is 0 Å². The number of nitrogens with two attached hydrogens (primary N) is 4. The molecular formula is C13H16N4. The molecule has 88 valence electrons. The molecule has 0 spiro atoms. The molecule has 0 fully saturated rings. The molecule has 0 radical (unpaired) electrons. The Morgan fingerprint density at radius 2 is 1.59 bits per heavy atom. The quantitative estimate of drug-likeness (QED) is 0.585. The van der Waals surface area contributed by atoms with Gasteiger partial charge in [-0.3, -0.25) is 0 Å². The average molecular weight is 228 g/mol. The van der Waals surface area contributed by atoms with Crippen molar-refractivity contribution in [3.05, 3.63) is 42.0 Å². The summed E-state index contributed by atoms with van der Waals surface area (Å²) in [5, 5.41) is 0. The third-order valence-electron chi connectivity index (χ3n) is 2.76. The van der Waals surface area contributed by atoms with Crippen molar-refractivity contribution in [2.24, 2.45) is 5.73 Å². The lowest BCUT2D eigenvalue weighted by atomic mass is 9.96. The van der Waals surface area contributed by atoms with Gasteiger partial charge in [-0.15, -0.1) is 0 Å². The van der Waals surface area contributed by atoms with E-state index in [0.29, 0.717) is 23.6 Å². The van der Waals surface area contributed by atoms with Gasteiger partial charge in [0.15, 0.2) is 0 Å². The van der Waals surface area contributed by atoms with E-state index < -0.39 is 0 Å². The van der Waals surface area contributed by atoms with Crippen LogP contribution < -0.4 is 22.9 Å². The van der Waals surface area contributed by atoms with E-state index in [2.05, 4.69) is 0 Å². The Morgan fingerprint density at radius 1 is 0.882 bits per heavy atom. The number of rotatable bonds is 2. The van der Waals surface area contributed by atoms with E-state index in [4.69, 9.17) is 22.9 Å². The van der Waals surface area contributed by atoms with E-state index >= 15 is 0 Å². The largest absolute Gasteiger partial charge is 0.399 e. The van der Waals surface area contributed by atoms with Crippen LogP contribution in [0.3, 0.4) is 0 Å². The third-order valence-corrected chi connectivity index (χ3v) is 2.76. The van der Waals surface area contributed by atoms with Crippen LogP contribution in [-0.2, 0) is 6.54 Å². The fourth-order valence-corrected chi connectivity index (χ4v) is 1.94. The Kier molecular flexibility index (Phi) is 2.89. The van der Waals surface area contributed by atoms with E-state index in [1.54, 1.807) is 12.1 Å². The summed E-state index contributed by atoms with van der Waals surface area (Å²) in [4.78, 5) is 0. The highest BCUT2D eigenvalue weighted by molar-refractivity contribution is 5.84. The fraction of sp³-hybridized carbons (Fsp3) is 0.0769. The Balaban J connectivity index is 2.70. The van der Waals surface area contributed by atoms with Crippen molar-refractivity contribution in [2.45, 2.75) is 6.54 Å². The molecule has 2 aromatic rings. The van der Waals surface area contributed by atoms with Gasteiger partial charge >= 0.3 is 0 Å². The van der Waals surface area contributed by atoms with Gasteiger partial charge in [-0.25, -0.2) is 0 Å². The standard InChI is InChI=1S/C13H16N4/c14-7-10-11(16)4-5-12(17)13(10)8-2-1-3-9(15)6-8/h1-6H,7,14-17H2. The molecule has 0 saturated carbocycles. The Morgan fingerprint density at radius 3 is 2.24 bits per heavy atom. The Labute approximate surface area is 100 Å². The van der Waals surface area contributed by atoms with Crippen LogP contribution in [0, 0.1) is 0 Å². The van der Waals surface area contributed by atoms with Crippen molar-refractivity contribution in [1.82, 2.24) is 0 Å². The van der Waals surface area contributed by atoms with Crippen molar-refractivity contribution in [1.29, 1.82) is 0 Å². The zero-order chi connectivity index (χ0) is 12.4. The number of hydrogen-bond donors (Lipinski definition) is 4. The molecule has 0 unspecified atom stereocenters. The maximum atomic E-state index is 6.00. The first-order chi connectivity index (χ1) is 8.13. The lowest BCUT2D eigenvalue weighted by molar-refractivity contribution is 1.08. The van der Waals surface area contributed by atoms with Gasteiger partial charge in [0, 0.05) is 29.2 Å². The highest BCUT2D eigenvalue weighted by atomic mass is 14.6. The van der Waals surface area contributed by atoms with E-state index in [1.807, 2.05) is 24.3 Å². The second kappa shape index (κ2) is 4.35. The fourth-order valence-electron chi connectivity index (χ4n) is 1.94. The summed E-state index contributed by atoms with van der Waals surface area (Å²) in [5.41, 5.74) is 28.1. The lowest BCUT2D eigenvalue weighted by Gasteiger charge is -2.14. The van der Waals surface area contributed by atoms with Gasteiger partial charge in [-0.1, -0.05) is 12.1 Å². The number of nitrogen functional groups attached to an aromatic ring is 3. The first kappa shape index (κ1) is 11.3. The van der Waals surface area contributed by atoms with Crippen LogP contribution in [0.15, 0.2) is 36.4 Å². The molecule has 0 aliphatic heterocycles. The third kappa shape index (κ3) is 2.03. The first-order valence-electron chi connectivity index (χ1n) is 5.36. The van der Waals surface area contributed by atoms with Crippen LogP contribution in [0.4, 0.5) is 17.1 Å². The van der Waals surface area contributed by atoms with E-state index in [9.17, 15) is 0 Å². The molecule has 17 heavy (non-hydrogen) atoms. The highest BCUT2D eigenvalue weighted by Gasteiger charge is 2.11. The van der Waals surface area contributed by atoms with Crippen molar-refractivity contribution in [3.8, 4) is 11.1 Å². The van der Waals surface area contributed by atoms with Gasteiger partial charge in [0.2, 0.25) is 0 Å². The topological polar surface area (TPSA) is 104 Å². The summed E-state index contributed by atoms with van der Waals surface area (Å²) in [5.74, 6) is 0. The molecule has 8 N–H and O–H groups in total. The maximum Gasteiger partial charge on any atom is 0.0398 e. The molecule has 0 amide bonds. The lowest BCUT2D eigenvalue weighted by Crippen LogP contribution is -2.06. The van der Waals surface area contributed by atoms with Crippen LogP contribution in [-0.4, -0.2) is 0 Å². The molecule has 4 nitrogen and oxygen atoms in total. The van der Waals surface area contributed by atoms with Crippen molar-refractivity contribution >= 4 is 17.1 Å². The molecule has 0 aliphatic rings. The summed E-state index contributed by atoms with van der Waals surface area (Å²) in [7, 11) is 0. The normalized spacial score (nSPS) is 10.4. The molecule has 2 aromatic carbocycles. The van der Waals surface area contributed by atoms with Crippen molar-refractivity contribution in [3.63, 3.8) is 0 Å². The minimum Gasteiger partial charge on any atom is -0.399 e. The Hall–Kier alpha value is -2.20. The molecule has 4 heteroatoms. The molecule has 0 saturated heterocycles. The van der Waals surface area contributed by atoms with Crippen LogP contribution in [0.5, 0.6) is 0 Å². The highest BCUT2D eigenvalue weighted by Crippen LogP contribution is 2.33. The number of benzene rings is 2. The maximum absolute atomic E-state index is 6.00. The van der Waals surface area contributed by atoms with Crippen molar-refractivity contribution < 1.29 is 0 Å². The minimum absolute atomic E-state index is 0.348. The number of hydrogen-bond acceptors (Lipinski definition) is 4. The summed E-state index contributed by atoms with van der Waals surface area (Å²) >= 11 is 0. The van der Waals surface area contributed by atoms with Gasteiger partial charge < -0.3 is 22.9 Å². The molecule has 0 aromatic heterocycles. The summed E-state index contributed by atoms with van der Waals surface area (Å²) in [6.07, 6.45) is 0. The second-order valence-electron chi connectivity index (χ2n) is 3.93.